The number of hydrogen-bond acceptors (Lipinski definition) is 5. The van der Waals surface area contributed by atoms with Crippen molar-refractivity contribution in [1.29, 1.82) is 0 Å². The summed E-state index contributed by atoms with van der Waals surface area (Å²) in [6.45, 7) is 4.03. The quantitative estimate of drug-likeness (QED) is 0.834. The lowest BCUT2D eigenvalue weighted by Gasteiger charge is -2.20. The molecule has 3 aliphatic rings. The smallest absolute Gasteiger partial charge is 0.354 e. The van der Waals surface area contributed by atoms with E-state index in [9.17, 15) is 4.79 Å². The molecule has 0 bridgehead atoms. The lowest BCUT2D eigenvalue weighted by Crippen LogP contribution is -2.17. The monoisotopic (exact) mass is 351 g/mol. The van der Waals surface area contributed by atoms with Crippen LogP contribution in [0.1, 0.15) is 55.5 Å². The molecule has 0 aromatic rings. The molecule has 0 radical (unpaired) electrons. The van der Waals surface area contributed by atoms with Crippen LogP contribution in [-0.2, 0) is 0 Å². The Morgan fingerprint density at radius 2 is 1.87 bits per heavy atom. The molecule has 23 heavy (non-hydrogen) atoms. The lowest BCUT2D eigenvalue weighted by atomic mass is 9.93. The van der Waals surface area contributed by atoms with Gasteiger partial charge in [-0.2, -0.15) is 4.98 Å². The highest BCUT2D eigenvalue weighted by Gasteiger charge is 2.22. The summed E-state index contributed by atoms with van der Waals surface area (Å²) in [7, 11) is 0. The number of fused-ring (bicyclic) bond motifs is 1. The van der Waals surface area contributed by atoms with Gasteiger partial charge in [0.1, 0.15) is 5.69 Å². The van der Waals surface area contributed by atoms with Gasteiger partial charge in [0.05, 0.1) is 4.21 Å². The molecule has 1 saturated carbocycles. The predicted molar refractivity (Wildman–Crippen MR) is 99.3 cm³/mol. The summed E-state index contributed by atoms with van der Waals surface area (Å²) in [4.78, 5) is 17.2. The fraction of sp³-hybridized carbons (Fsp3) is 0.647. The Bertz CT molecular complexity index is 699. The molecule has 1 aliphatic carbocycles. The summed E-state index contributed by atoms with van der Waals surface area (Å²) in [5, 5.41) is 0. The van der Waals surface area contributed by atoms with Gasteiger partial charge >= 0.3 is 5.69 Å². The first kappa shape index (κ1) is 16.8. The molecular formula is C17H25N3OS2. The number of imidazole rings is 1. The van der Waals surface area contributed by atoms with E-state index in [2.05, 4.69) is 11.9 Å². The number of thioether (sulfide) groups is 1. The van der Waals surface area contributed by atoms with E-state index >= 15 is 0 Å². The zero-order valence-corrected chi connectivity index (χ0v) is 15.6. The Kier molecular flexibility index (Phi) is 5.31. The minimum Gasteiger partial charge on any atom is -0.382 e. The van der Waals surface area contributed by atoms with Crippen LogP contribution < -0.4 is 11.4 Å². The highest BCUT2D eigenvalue weighted by Crippen LogP contribution is 2.38. The van der Waals surface area contributed by atoms with Crippen molar-refractivity contribution < 1.29 is 0 Å². The Morgan fingerprint density at radius 1 is 1.22 bits per heavy atom. The van der Waals surface area contributed by atoms with Crippen molar-refractivity contribution >= 4 is 28.9 Å². The highest BCUT2D eigenvalue weighted by molar-refractivity contribution is 8.01. The van der Waals surface area contributed by atoms with Gasteiger partial charge in [0, 0.05) is 16.3 Å². The van der Waals surface area contributed by atoms with E-state index in [1.54, 1.807) is 15.9 Å². The van der Waals surface area contributed by atoms with Crippen molar-refractivity contribution in [2.24, 2.45) is 5.92 Å². The van der Waals surface area contributed by atoms with Crippen molar-refractivity contribution in [1.82, 2.24) is 9.55 Å². The maximum atomic E-state index is 12.1. The van der Waals surface area contributed by atoms with Crippen LogP contribution in [-0.4, -0.2) is 15.3 Å². The van der Waals surface area contributed by atoms with E-state index in [4.69, 9.17) is 5.73 Å². The van der Waals surface area contributed by atoms with Crippen molar-refractivity contribution in [2.75, 3.05) is 11.5 Å². The van der Waals surface area contributed by atoms with E-state index in [0.717, 1.165) is 32.1 Å². The summed E-state index contributed by atoms with van der Waals surface area (Å²) in [5.74, 6) is 2.27. The second-order valence-corrected chi connectivity index (χ2v) is 9.03. The summed E-state index contributed by atoms with van der Waals surface area (Å²) < 4.78 is 2.82. The second-order valence-electron chi connectivity index (χ2n) is 6.52. The number of nitrogens with zero attached hydrogens (tertiary/aromatic N) is 2. The Hall–Kier alpha value is -1.01. The topological polar surface area (TPSA) is 60.9 Å². The van der Waals surface area contributed by atoms with Gasteiger partial charge in [0.2, 0.25) is 0 Å². The molecule has 0 spiro atoms. The molecule has 0 atom stereocenters. The van der Waals surface area contributed by atoms with E-state index in [-0.39, 0.29) is 5.69 Å². The fourth-order valence-electron chi connectivity index (χ4n) is 3.34. The molecule has 6 heteroatoms. The molecule has 0 unspecified atom stereocenters. The van der Waals surface area contributed by atoms with Crippen LogP contribution in [0.4, 0.5) is 5.82 Å². The van der Waals surface area contributed by atoms with Crippen LogP contribution in [0.2, 0.25) is 0 Å². The molecule has 1 fully saturated rings. The summed E-state index contributed by atoms with van der Waals surface area (Å²) in [5.41, 5.74) is 7.53. The second kappa shape index (κ2) is 7.26. The molecule has 3 rings (SSSR count). The number of nitrogens with two attached hydrogens (primary N) is 1. The first-order chi connectivity index (χ1) is 11.1. The molecule has 126 valence electrons. The Balaban J connectivity index is 1.82. The summed E-state index contributed by atoms with van der Waals surface area (Å²) in [6.07, 6.45) is 9.55. The molecule has 0 amide bonds. The molecule has 2 heterocycles. The number of rotatable bonds is 3. The molecule has 2 aliphatic heterocycles. The number of aromatic nitrogens is 2. The standard InChI is InChI=1S/C17H25N3OS2/c1-11-12(2)23-16(14-15(18)19-17(21)20(11)14)22-10-13-8-6-4-3-5-7-9-13/h13H,3-10H2,1-2H3,(H2,18,19,21). The van der Waals surface area contributed by atoms with Crippen LogP contribution in [0.15, 0.2) is 9.00 Å². The molecule has 4 nitrogen and oxygen atoms in total. The van der Waals surface area contributed by atoms with E-state index < -0.39 is 0 Å². The normalized spacial score (nSPS) is 17.3. The van der Waals surface area contributed by atoms with Crippen molar-refractivity contribution in [3.63, 3.8) is 0 Å². The minimum absolute atomic E-state index is 0.251. The Labute approximate surface area is 145 Å². The largest absolute Gasteiger partial charge is 0.382 e. The zero-order valence-electron chi connectivity index (χ0n) is 13.9. The van der Waals surface area contributed by atoms with Crippen molar-refractivity contribution in [3.05, 3.63) is 21.1 Å². The van der Waals surface area contributed by atoms with Gasteiger partial charge in [-0.3, -0.25) is 4.57 Å². The van der Waals surface area contributed by atoms with Gasteiger partial charge in [-0.05, 0) is 32.6 Å². The first-order valence-electron chi connectivity index (χ1n) is 8.49. The zero-order chi connectivity index (χ0) is 16.4. The molecular weight excluding hydrogens is 326 g/mol. The lowest BCUT2D eigenvalue weighted by molar-refractivity contribution is 0.409. The first-order valence-corrected chi connectivity index (χ1v) is 10.3. The Morgan fingerprint density at radius 3 is 2.57 bits per heavy atom. The van der Waals surface area contributed by atoms with Gasteiger partial charge in [-0.25, -0.2) is 4.79 Å². The molecule has 0 aromatic heterocycles. The van der Waals surface area contributed by atoms with Gasteiger partial charge in [0.25, 0.3) is 0 Å². The summed E-state index contributed by atoms with van der Waals surface area (Å²) >= 11 is 3.60. The predicted octanol–water partition coefficient (Wildman–Crippen LogP) is 4.38. The maximum absolute atomic E-state index is 12.1. The number of anilines is 1. The summed E-state index contributed by atoms with van der Waals surface area (Å²) in [6, 6.07) is 0. The van der Waals surface area contributed by atoms with E-state index in [0.29, 0.717) is 5.82 Å². The van der Waals surface area contributed by atoms with Crippen LogP contribution in [0.25, 0.3) is 5.69 Å². The number of aryl methyl sites for hydroxylation is 1. The van der Waals surface area contributed by atoms with Gasteiger partial charge < -0.3 is 5.73 Å². The third-order valence-electron chi connectivity index (χ3n) is 4.83. The fourth-order valence-corrected chi connectivity index (χ4v) is 6.02. The van der Waals surface area contributed by atoms with Crippen LogP contribution in [0, 0.1) is 19.8 Å². The maximum Gasteiger partial charge on any atom is 0.354 e. The molecule has 2 N–H and O–H groups in total. The average molecular weight is 352 g/mol. The van der Waals surface area contributed by atoms with Crippen molar-refractivity contribution in [3.8, 4) is 5.69 Å². The molecule has 0 aromatic carbocycles. The number of hydrogen-bond donors (Lipinski definition) is 1. The highest BCUT2D eigenvalue weighted by atomic mass is 32.2. The average Bonchev–Trinajstić information content (AvgIpc) is 2.78. The van der Waals surface area contributed by atoms with Gasteiger partial charge in [-0.15, -0.1) is 23.1 Å². The van der Waals surface area contributed by atoms with Crippen LogP contribution in [0.5, 0.6) is 0 Å². The van der Waals surface area contributed by atoms with Gasteiger partial charge in [-0.1, -0.05) is 32.1 Å². The minimum atomic E-state index is -0.251. The third kappa shape index (κ3) is 3.58. The number of nitrogen functional groups attached to an aromatic ring is 1. The SMILES string of the molecule is Cc1sc(SCC2CCCCCCC2)c2c(N)nc(=O)n-2c1C. The van der Waals surface area contributed by atoms with Crippen LogP contribution >= 0.6 is 23.1 Å². The molecule has 0 saturated heterocycles. The third-order valence-corrected chi connectivity index (χ3v) is 7.51. The van der Waals surface area contributed by atoms with E-state index in [1.165, 1.54) is 44.9 Å². The van der Waals surface area contributed by atoms with E-state index in [1.807, 2.05) is 18.7 Å². The van der Waals surface area contributed by atoms with Crippen LogP contribution in [0.3, 0.4) is 0 Å². The van der Waals surface area contributed by atoms with Gasteiger partial charge in [0.15, 0.2) is 5.82 Å². The van der Waals surface area contributed by atoms with Crippen molar-refractivity contribution in [2.45, 2.75) is 63.0 Å².